The fourth-order valence-corrected chi connectivity index (χ4v) is 1.76. The van der Waals surface area contributed by atoms with Crippen molar-refractivity contribution in [3.63, 3.8) is 0 Å². The van der Waals surface area contributed by atoms with E-state index in [4.69, 9.17) is 15.6 Å². The molecule has 5 heteroatoms. The van der Waals surface area contributed by atoms with Crippen LogP contribution in [0.4, 0.5) is 10.1 Å². The summed E-state index contributed by atoms with van der Waals surface area (Å²) in [4.78, 5) is 11.7. The van der Waals surface area contributed by atoms with Crippen LogP contribution < -0.4 is 5.73 Å². The molecule has 0 radical (unpaired) electrons. The van der Waals surface area contributed by atoms with E-state index in [2.05, 4.69) is 0 Å². The van der Waals surface area contributed by atoms with Gasteiger partial charge in [-0.3, -0.25) is 0 Å². The lowest BCUT2D eigenvalue weighted by molar-refractivity contribution is 0.0491. The quantitative estimate of drug-likeness (QED) is 0.453. The number of halogens is 1. The highest BCUT2D eigenvalue weighted by molar-refractivity contribution is 5.91. The second-order valence-corrected chi connectivity index (χ2v) is 4.47. The average Bonchev–Trinajstić information content (AvgIpc) is 2.37. The molecular weight excluding hydrogens is 249 g/mol. The smallest absolute Gasteiger partial charge is 0.341 e. The van der Waals surface area contributed by atoms with Crippen molar-refractivity contribution in [3.05, 3.63) is 29.1 Å². The Labute approximate surface area is 112 Å². The van der Waals surface area contributed by atoms with Gasteiger partial charge in [0.1, 0.15) is 5.82 Å². The Morgan fingerprint density at radius 3 is 2.68 bits per heavy atom. The van der Waals surface area contributed by atoms with E-state index in [1.165, 1.54) is 12.1 Å². The van der Waals surface area contributed by atoms with E-state index in [1.807, 2.05) is 0 Å². The lowest BCUT2D eigenvalue weighted by Crippen LogP contribution is -2.10. The maximum Gasteiger partial charge on any atom is 0.341 e. The van der Waals surface area contributed by atoms with Gasteiger partial charge < -0.3 is 15.6 Å². The fraction of sp³-hybridized carbons (Fsp3) is 0.500. The summed E-state index contributed by atoms with van der Waals surface area (Å²) >= 11 is 0. The first-order chi connectivity index (χ1) is 9.06. The molecule has 0 saturated carbocycles. The molecule has 19 heavy (non-hydrogen) atoms. The lowest BCUT2D eigenvalue weighted by atomic mass is 10.1. The zero-order valence-electron chi connectivity index (χ0n) is 11.1. The summed E-state index contributed by atoms with van der Waals surface area (Å²) in [7, 11) is 0. The van der Waals surface area contributed by atoms with Gasteiger partial charge in [0, 0.05) is 12.3 Å². The minimum Gasteiger partial charge on any atom is -0.462 e. The van der Waals surface area contributed by atoms with Crippen LogP contribution in [0, 0.1) is 12.7 Å². The van der Waals surface area contributed by atoms with Gasteiger partial charge in [0.15, 0.2) is 0 Å². The summed E-state index contributed by atoms with van der Waals surface area (Å²) in [5.41, 5.74) is 6.13. The van der Waals surface area contributed by atoms with Crippen molar-refractivity contribution >= 4 is 11.7 Å². The van der Waals surface area contributed by atoms with E-state index in [0.29, 0.717) is 17.7 Å². The van der Waals surface area contributed by atoms with Crippen LogP contribution in [0.3, 0.4) is 0 Å². The molecule has 0 heterocycles. The molecule has 0 amide bonds. The highest BCUT2D eigenvalue weighted by atomic mass is 19.1. The highest BCUT2D eigenvalue weighted by Crippen LogP contribution is 2.18. The number of nitrogen functional groups attached to an aromatic ring is 1. The molecule has 0 unspecified atom stereocenters. The Morgan fingerprint density at radius 2 is 2.00 bits per heavy atom. The van der Waals surface area contributed by atoms with Crippen LogP contribution in [0.25, 0.3) is 0 Å². The summed E-state index contributed by atoms with van der Waals surface area (Å²) < 4.78 is 18.7. The third-order valence-electron chi connectivity index (χ3n) is 2.78. The monoisotopic (exact) mass is 269 g/mol. The Kier molecular flexibility index (Phi) is 6.29. The molecule has 0 aliphatic carbocycles. The van der Waals surface area contributed by atoms with Crippen molar-refractivity contribution in [1.29, 1.82) is 0 Å². The Morgan fingerprint density at radius 1 is 1.32 bits per heavy atom. The van der Waals surface area contributed by atoms with Crippen LogP contribution in [0.5, 0.6) is 0 Å². The molecule has 0 aliphatic rings. The molecule has 0 bridgehead atoms. The van der Waals surface area contributed by atoms with Gasteiger partial charge in [-0.05, 0) is 43.9 Å². The zero-order valence-corrected chi connectivity index (χ0v) is 11.1. The van der Waals surface area contributed by atoms with Crippen molar-refractivity contribution in [3.8, 4) is 0 Å². The number of ether oxygens (including phenoxy) is 1. The number of aliphatic hydroxyl groups excluding tert-OH is 1. The largest absolute Gasteiger partial charge is 0.462 e. The number of hydrogen-bond acceptors (Lipinski definition) is 4. The number of aryl methyl sites for hydroxylation is 1. The van der Waals surface area contributed by atoms with Crippen molar-refractivity contribution in [2.24, 2.45) is 0 Å². The van der Waals surface area contributed by atoms with E-state index >= 15 is 0 Å². The molecule has 0 spiro atoms. The SMILES string of the molecule is Cc1cc(N)cc(C(=O)OCCCCCCO)c1F. The van der Waals surface area contributed by atoms with E-state index in [1.54, 1.807) is 6.92 Å². The maximum absolute atomic E-state index is 13.7. The summed E-state index contributed by atoms with van der Waals surface area (Å²) in [6, 6.07) is 2.76. The van der Waals surface area contributed by atoms with Gasteiger partial charge in [-0.25, -0.2) is 9.18 Å². The van der Waals surface area contributed by atoms with Crippen molar-refractivity contribution in [2.45, 2.75) is 32.6 Å². The van der Waals surface area contributed by atoms with Crippen LogP contribution in [-0.2, 0) is 4.74 Å². The fourth-order valence-electron chi connectivity index (χ4n) is 1.76. The number of rotatable bonds is 7. The number of aliphatic hydroxyl groups is 1. The minimum atomic E-state index is -0.685. The third-order valence-corrected chi connectivity index (χ3v) is 2.78. The molecule has 0 aliphatic heterocycles. The summed E-state index contributed by atoms with van der Waals surface area (Å²) in [5.74, 6) is -1.27. The Bertz CT molecular complexity index is 435. The number of carbonyl (C=O) groups is 1. The summed E-state index contributed by atoms with van der Waals surface area (Å²) in [6.45, 7) is 1.97. The first-order valence-corrected chi connectivity index (χ1v) is 6.40. The van der Waals surface area contributed by atoms with Gasteiger partial charge in [0.25, 0.3) is 0 Å². The molecule has 4 nitrogen and oxygen atoms in total. The van der Waals surface area contributed by atoms with Crippen LogP contribution in [0.15, 0.2) is 12.1 Å². The molecule has 0 aromatic heterocycles. The molecule has 0 fully saturated rings. The number of hydrogen-bond donors (Lipinski definition) is 2. The average molecular weight is 269 g/mol. The minimum absolute atomic E-state index is 0.118. The van der Waals surface area contributed by atoms with Gasteiger partial charge in [-0.1, -0.05) is 6.42 Å². The van der Waals surface area contributed by atoms with E-state index in [-0.39, 0.29) is 18.8 Å². The van der Waals surface area contributed by atoms with E-state index in [9.17, 15) is 9.18 Å². The van der Waals surface area contributed by atoms with Crippen molar-refractivity contribution in [1.82, 2.24) is 0 Å². The number of nitrogens with two attached hydrogens (primary N) is 1. The number of esters is 1. The van der Waals surface area contributed by atoms with Crippen molar-refractivity contribution in [2.75, 3.05) is 18.9 Å². The number of benzene rings is 1. The molecule has 106 valence electrons. The molecule has 1 aromatic rings. The van der Waals surface area contributed by atoms with Crippen LogP contribution in [0.2, 0.25) is 0 Å². The van der Waals surface area contributed by atoms with Gasteiger partial charge in [0.05, 0.1) is 12.2 Å². The Balaban J connectivity index is 2.46. The van der Waals surface area contributed by atoms with E-state index < -0.39 is 11.8 Å². The predicted octanol–water partition coefficient (Wildman–Crippen LogP) is 2.43. The van der Waals surface area contributed by atoms with E-state index in [0.717, 1.165) is 19.3 Å². The maximum atomic E-state index is 13.7. The first kappa shape index (κ1) is 15.4. The van der Waals surface area contributed by atoms with Crippen LogP contribution in [0.1, 0.15) is 41.6 Å². The summed E-state index contributed by atoms with van der Waals surface area (Å²) in [5, 5.41) is 8.60. The number of unbranched alkanes of at least 4 members (excludes halogenated alkanes) is 3. The molecule has 0 atom stereocenters. The third kappa shape index (κ3) is 4.87. The zero-order chi connectivity index (χ0) is 14.3. The molecule has 1 aromatic carbocycles. The topological polar surface area (TPSA) is 72.6 Å². The van der Waals surface area contributed by atoms with Gasteiger partial charge in [0.2, 0.25) is 0 Å². The normalized spacial score (nSPS) is 10.5. The summed E-state index contributed by atoms with van der Waals surface area (Å²) in [6.07, 6.45) is 3.21. The highest BCUT2D eigenvalue weighted by Gasteiger charge is 2.15. The molecule has 3 N–H and O–H groups in total. The lowest BCUT2D eigenvalue weighted by Gasteiger charge is -2.08. The molecule has 0 saturated heterocycles. The van der Waals surface area contributed by atoms with Gasteiger partial charge >= 0.3 is 5.97 Å². The standard InChI is InChI=1S/C14H20FNO3/c1-10-8-11(16)9-12(13(10)15)14(18)19-7-5-3-2-4-6-17/h8-9,17H,2-7,16H2,1H3. The Hall–Kier alpha value is -1.62. The molecular formula is C14H20FNO3. The van der Waals surface area contributed by atoms with Crippen LogP contribution >= 0.6 is 0 Å². The van der Waals surface area contributed by atoms with Gasteiger partial charge in [-0.15, -0.1) is 0 Å². The second kappa shape index (κ2) is 7.74. The number of anilines is 1. The molecule has 1 rings (SSSR count). The first-order valence-electron chi connectivity index (χ1n) is 6.40. The van der Waals surface area contributed by atoms with Crippen molar-refractivity contribution < 1.29 is 19.0 Å². The van der Waals surface area contributed by atoms with Crippen LogP contribution in [-0.4, -0.2) is 24.3 Å². The van der Waals surface area contributed by atoms with Gasteiger partial charge in [-0.2, -0.15) is 0 Å². The second-order valence-electron chi connectivity index (χ2n) is 4.47. The predicted molar refractivity (Wildman–Crippen MR) is 71.4 cm³/mol. The number of carbonyl (C=O) groups excluding carboxylic acids is 1.